The summed E-state index contributed by atoms with van der Waals surface area (Å²) in [5.74, 6) is -2.71. The van der Waals surface area contributed by atoms with Gasteiger partial charge in [0.15, 0.2) is 9.84 Å². The lowest BCUT2D eigenvalue weighted by molar-refractivity contribution is -0.139. The molecule has 38 heavy (non-hydrogen) atoms. The number of carbonyl (C=O) groups is 3. The van der Waals surface area contributed by atoms with E-state index in [4.69, 9.17) is 34.8 Å². The molecule has 8 nitrogen and oxygen atoms in total. The minimum absolute atomic E-state index is 0.0243. The molecule has 1 heterocycles. The molecule has 1 unspecified atom stereocenters. The van der Waals surface area contributed by atoms with Gasteiger partial charge in [0.1, 0.15) is 6.04 Å². The van der Waals surface area contributed by atoms with Gasteiger partial charge in [0.25, 0.3) is 11.8 Å². The second-order valence-corrected chi connectivity index (χ2v) is 12.4. The second kappa shape index (κ2) is 11.1. The van der Waals surface area contributed by atoms with Crippen LogP contribution in [0.2, 0.25) is 15.1 Å². The normalized spacial score (nSPS) is 17.5. The lowest BCUT2D eigenvalue weighted by atomic mass is 9.95. The van der Waals surface area contributed by atoms with Crippen molar-refractivity contribution in [1.29, 1.82) is 0 Å². The fourth-order valence-corrected chi connectivity index (χ4v) is 6.10. The smallest absolute Gasteiger partial charge is 0.326 e. The van der Waals surface area contributed by atoms with Crippen molar-refractivity contribution in [3.05, 3.63) is 90.8 Å². The number of hydrogen-bond acceptors (Lipinski definition) is 5. The van der Waals surface area contributed by atoms with E-state index in [9.17, 15) is 27.9 Å². The quantitative estimate of drug-likeness (QED) is 0.484. The van der Waals surface area contributed by atoms with Crippen molar-refractivity contribution in [2.75, 3.05) is 12.8 Å². The number of hydrogen-bond donors (Lipinski definition) is 2. The van der Waals surface area contributed by atoms with Gasteiger partial charge >= 0.3 is 5.97 Å². The molecule has 2 aromatic rings. The summed E-state index contributed by atoms with van der Waals surface area (Å²) in [5, 5.41) is 12.8. The lowest BCUT2D eigenvalue weighted by Crippen LogP contribution is -2.42. The van der Waals surface area contributed by atoms with Crippen molar-refractivity contribution in [3.8, 4) is 0 Å². The number of nitrogens with one attached hydrogen (secondary N) is 1. The van der Waals surface area contributed by atoms with Crippen LogP contribution in [0, 0.1) is 5.92 Å². The Balaban J connectivity index is 1.51. The molecule has 2 aliphatic rings. The number of carboxylic acid groups (broad SMARTS) is 1. The van der Waals surface area contributed by atoms with Crippen LogP contribution in [-0.2, 0) is 27.6 Å². The van der Waals surface area contributed by atoms with Gasteiger partial charge in [-0.2, -0.15) is 0 Å². The molecule has 200 valence electrons. The number of sulfone groups is 1. The molecule has 0 aromatic heterocycles. The molecule has 0 bridgehead atoms. The summed E-state index contributed by atoms with van der Waals surface area (Å²) in [7, 11) is -3.43. The van der Waals surface area contributed by atoms with Gasteiger partial charge in [-0.25, -0.2) is 13.2 Å². The van der Waals surface area contributed by atoms with E-state index >= 15 is 0 Å². The molecular weight excluding hydrogens is 575 g/mol. The van der Waals surface area contributed by atoms with Crippen LogP contribution in [0.15, 0.2) is 53.5 Å². The van der Waals surface area contributed by atoms with Gasteiger partial charge in [-0.3, -0.25) is 9.59 Å². The van der Waals surface area contributed by atoms with Gasteiger partial charge in [0.05, 0.1) is 20.5 Å². The monoisotopic (exact) mass is 596 g/mol. The number of nitrogens with zero attached hydrogens (tertiary/aromatic N) is 1. The third-order valence-electron chi connectivity index (χ3n) is 6.44. The number of halogens is 3. The first kappa shape index (κ1) is 28.2. The zero-order chi connectivity index (χ0) is 27.8. The maximum atomic E-state index is 13.1. The number of amides is 2. The standard InChI is InChI=1S/C26H23Cl3N2O6S/c1-38(36,37)18-7-2-14(10-18)11-21(26(34)35)30-24(32)22-20(28)12-16-13-31(9-8-19(16)23(22)29)25(33)15-3-5-17(27)6-4-15/h2-7,10,12,14,21H,8-9,11,13H2,1H3,(H,30,32)(H,34,35)/t14?,21-/m0/s1. The van der Waals surface area contributed by atoms with Crippen molar-refractivity contribution in [2.45, 2.75) is 25.4 Å². The van der Waals surface area contributed by atoms with Gasteiger partial charge < -0.3 is 15.3 Å². The van der Waals surface area contributed by atoms with Gasteiger partial charge in [-0.05, 0) is 66.3 Å². The Morgan fingerprint density at radius 3 is 2.45 bits per heavy atom. The Morgan fingerprint density at radius 1 is 1.16 bits per heavy atom. The Labute approximate surface area is 234 Å². The van der Waals surface area contributed by atoms with Crippen LogP contribution in [0.1, 0.15) is 38.3 Å². The first-order valence-corrected chi connectivity index (χ1v) is 14.6. The van der Waals surface area contributed by atoms with Crippen LogP contribution in [-0.4, -0.2) is 55.1 Å². The zero-order valence-corrected chi connectivity index (χ0v) is 23.2. The summed E-state index contributed by atoms with van der Waals surface area (Å²) < 4.78 is 23.5. The molecule has 0 radical (unpaired) electrons. The van der Waals surface area contributed by atoms with Crippen molar-refractivity contribution < 1.29 is 27.9 Å². The largest absolute Gasteiger partial charge is 0.480 e. The molecule has 0 spiro atoms. The number of allylic oxidation sites excluding steroid dienone is 3. The molecule has 0 saturated carbocycles. The number of carbonyl (C=O) groups excluding carboxylic acids is 2. The molecule has 0 saturated heterocycles. The Kier molecular flexibility index (Phi) is 8.23. The molecule has 2 amide bonds. The predicted octanol–water partition coefficient (Wildman–Crippen LogP) is 4.53. The maximum Gasteiger partial charge on any atom is 0.326 e. The third-order valence-corrected chi connectivity index (χ3v) is 8.53. The van der Waals surface area contributed by atoms with Crippen LogP contribution in [0.3, 0.4) is 0 Å². The zero-order valence-electron chi connectivity index (χ0n) is 20.1. The number of fused-ring (bicyclic) bond motifs is 1. The van der Waals surface area contributed by atoms with Crippen molar-refractivity contribution in [1.82, 2.24) is 10.2 Å². The van der Waals surface area contributed by atoms with E-state index in [1.165, 1.54) is 12.2 Å². The molecule has 12 heteroatoms. The minimum atomic E-state index is -3.43. The SMILES string of the molecule is CS(=O)(=O)C1=CC(C[C@H](NC(=O)c2c(Cl)cc3c(c2Cl)CCN(C(=O)c2ccc(Cl)cc2)C3)C(=O)O)C=C1. The second-order valence-electron chi connectivity index (χ2n) is 9.13. The average molecular weight is 598 g/mol. The van der Waals surface area contributed by atoms with E-state index in [0.29, 0.717) is 34.7 Å². The van der Waals surface area contributed by atoms with E-state index in [1.54, 1.807) is 41.3 Å². The molecule has 2 N–H and O–H groups in total. The minimum Gasteiger partial charge on any atom is -0.480 e. The Hall–Kier alpha value is -2.85. The van der Waals surface area contributed by atoms with Crippen molar-refractivity contribution in [3.63, 3.8) is 0 Å². The van der Waals surface area contributed by atoms with Crippen LogP contribution in [0.25, 0.3) is 0 Å². The van der Waals surface area contributed by atoms with Crippen LogP contribution in [0.4, 0.5) is 0 Å². The molecular formula is C26H23Cl3N2O6S. The van der Waals surface area contributed by atoms with Crippen molar-refractivity contribution in [2.24, 2.45) is 5.92 Å². The Morgan fingerprint density at radius 2 is 1.84 bits per heavy atom. The number of carboxylic acids is 1. The third kappa shape index (κ3) is 6.07. The summed E-state index contributed by atoms with van der Waals surface area (Å²) >= 11 is 18.9. The van der Waals surface area contributed by atoms with E-state index in [2.05, 4.69) is 5.32 Å². The number of benzene rings is 2. The Bertz CT molecular complexity index is 1490. The topological polar surface area (TPSA) is 121 Å². The number of rotatable bonds is 7. The molecule has 1 aliphatic heterocycles. The highest BCUT2D eigenvalue weighted by molar-refractivity contribution is 7.94. The van der Waals surface area contributed by atoms with Gasteiger partial charge in [0, 0.05) is 29.9 Å². The van der Waals surface area contributed by atoms with E-state index < -0.39 is 33.7 Å². The summed E-state index contributed by atoms with van der Waals surface area (Å²) in [6, 6.07) is 6.81. The molecule has 0 fully saturated rings. The van der Waals surface area contributed by atoms with Crippen molar-refractivity contribution >= 4 is 62.4 Å². The highest BCUT2D eigenvalue weighted by Crippen LogP contribution is 2.35. The van der Waals surface area contributed by atoms with Gasteiger partial charge in [-0.15, -0.1) is 0 Å². The van der Waals surface area contributed by atoms with Gasteiger partial charge in [0.2, 0.25) is 0 Å². The highest BCUT2D eigenvalue weighted by atomic mass is 35.5. The molecule has 4 rings (SSSR count). The van der Waals surface area contributed by atoms with Crippen LogP contribution in [0.5, 0.6) is 0 Å². The summed E-state index contributed by atoms with van der Waals surface area (Å²) in [4.78, 5) is 39.7. The highest BCUT2D eigenvalue weighted by Gasteiger charge is 2.31. The first-order valence-electron chi connectivity index (χ1n) is 11.5. The number of aliphatic carboxylic acids is 1. The average Bonchev–Trinajstić information content (AvgIpc) is 3.32. The molecule has 1 aliphatic carbocycles. The summed E-state index contributed by atoms with van der Waals surface area (Å²) in [6.45, 7) is 0.594. The van der Waals surface area contributed by atoms with E-state index in [0.717, 1.165) is 6.26 Å². The van der Waals surface area contributed by atoms with Crippen LogP contribution < -0.4 is 5.32 Å². The fraction of sp³-hybridized carbons (Fsp3) is 0.269. The molecule has 2 aromatic carbocycles. The summed E-state index contributed by atoms with van der Waals surface area (Å²) in [6.07, 6.45) is 5.83. The van der Waals surface area contributed by atoms with Crippen LogP contribution >= 0.6 is 34.8 Å². The first-order chi connectivity index (χ1) is 17.8. The van der Waals surface area contributed by atoms with E-state index in [1.807, 2.05) is 0 Å². The molecule has 2 atom stereocenters. The lowest BCUT2D eigenvalue weighted by Gasteiger charge is -2.30. The maximum absolute atomic E-state index is 13.1. The van der Waals surface area contributed by atoms with E-state index in [-0.39, 0.29) is 39.4 Å². The van der Waals surface area contributed by atoms with Gasteiger partial charge in [-0.1, -0.05) is 47.0 Å². The fourth-order valence-electron chi connectivity index (χ4n) is 4.47. The predicted molar refractivity (Wildman–Crippen MR) is 145 cm³/mol. The summed E-state index contributed by atoms with van der Waals surface area (Å²) in [5.41, 5.74) is 1.79.